The van der Waals surface area contributed by atoms with Crippen molar-refractivity contribution in [3.63, 3.8) is 0 Å². The number of aryl methyl sites for hydroxylation is 1. The summed E-state index contributed by atoms with van der Waals surface area (Å²) in [6.45, 7) is 3.33. The zero-order chi connectivity index (χ0) is 21.8. The van der Waals surface area contributed by atoms with Crippen molar-refractivity contribution in [1.29, 1.82) is 0 Å². The number of carbonyl (C=O) groups is 2. The molecule has 1 fully saturated rings. The molecule has 1 atom stereocenters. The maximum atomic E-state index is 11.8. The Morgan fingerprint density at radius 3 is 2.65 bits per heavy atom. The van der Waals surface area contributed by atoms with E-state index in [4.69, 9.17) is 4.74 Å². The molecule has 2 aliphatic heterocycles. The molecule has 0 spiro atoms. The van der Waals surface area contributed by atoms with E-state index in [1.54, 1.807) is 7.11 Å². The minimum atomic E-state index is -0.788. The molecule has 4 rings (SSSR count). The largest absolute Gasteiger partial charge is 0.495 e. The fourth-order valence-electron chi connectivity index (χ4n) is 4.58. The number of hydrogen-bond acceptors (Lipinski definition) is 5. The molecule has 7 nitrogen and oxygen atoms in total. The Morgan fingerprint density at radius 1 is 1.13 bits per heavy atom. The maximum Gasteiger partial charge on any atom is 0.303 e. The van der Waals surface area contributed by atoms with Crippen LogP contribution in [0, 0.1) is 0 Å². The molecule has 1 saturated heterocycles. The summed E-state index contributed by atoms with van der Waals surface area (Å²) in [6.07, 6.45) is 1.91. The summed E-state index contributed by atoms with van der Waals surface area (Å²) in [4.78, 5) is 27.8. The first kappa shape index (κ1) is 21.2. The predicted octanol–water partition coefficient (Wildman–Crippen LogP) is 3.31. The van der Waals surface area contributed by atoms with Gasteiger partial charge >= 0.3 is 5.97 Å². The minimum absolute atomic E-state index is 0.0000440. The number of ether oxygens (including phenoxy) is 1. The standard InChI is InChI=1S/C24H29N3O4/c1-31-22-5-3-2-4-21(22)27-14-12-26(13-15-27)20(9-11-24(29)30)18-7-6-17-8-10-23(28)25-19(17)16-18/h2-7,16,20H,8-15H2,1H3,(H,25,28)(H,29,30). The van der Waals surface area contributed by atoms with Gasteiger partial charge in [0.25, 0.3) is 0 Å². The normalized spacial score (nSPS) is 17.6. The van der Waals surface area contributed by atoms with Crippen LogP contribution in [-0.2, 0) is 16.0 Å². The summed E-state index contributed by atoms with van der Waals surface area (Å²) >= 11 is 0. The molecule has 2 aromatic carbocycles. The van der Waals surface area contributed by atoms with E-state index in [2.05, 4.69) is 33.3 Å². The van der Waals surface area contributed by atoms with Gasteiger partial charge in [-0.15, -0.1) is 0 Å². The van der Waals surface area contributed by atoms with Gasteiger partial charge in [-0.2, -0.15) is 0 Å². The van der Waals surface area contributed by atoms with E-state index in [1.165, 1.54) is 0 Å². The average Bonchev–Trinajstić information content (AvgIpc) is 2.79. The Balaban J connectivity index is 1.52. The van der Waals surface area contributed by atoms with Crippen molar-refractivity contribution in [2.45, 2.75) is 31.7 Å². The zero-order valence-corrected chi connectivity index (χ0v) is 17.8. The van der Waals surface area contributed by atoms with Crippen molar-refractivity contribution in [1.82, 2.24) is 4.90 Å². The van der Waals surface area contributed by atoms with Crippen molar-refractivity contribution in [2.75, 3.05) is 43.5 Å². The van der Waals surface area contributed by atoms with Gasteiger partial charge in [0.1, 0.15) is 5.75 Å². The van der Waals surface area contributed by atoms with E-state index >= 15 is 0 Å². The molecule has 0 aliphatic carbocycles. The number of fused-ring (bicyclic) bond motifs is 1. The number of para-hydroxylation sites is 2. The molecule has 2 heterocycles. The van der Waals surface area contributed by atoms with Crippen LogP contribution in [0.15, 0.2) is 42.5 Å². The lowest BCUT2D eigenvalue weighted by molar-refractivity contribution is -0.137. The third-order valence-electron chi connectivity index (χ3n) is 6.23. The molecule has 0 saturated carbocycles. The molecule has 1 unspecified atom stereocenters. The molecule has 31 heavy (non-hydrogen) atoms. The molecule has 2 aromatic rings. The van der Waals surface area contributed by atoms with E-state index in [0.717, 1.165) is 60.9 Å². The van der Waals surface area contributed by atoms with Crippen LogP contribution in [0.25, 0.3) is 0 Å². The first-order chi connectivity index (χ1) is 15.0. The molecular weight excluding hydrogens is 394 g/mol. The molecule has 2 aliphatic rings. The van der Waals surface area contributed by atoms with E-state index in [0.29, 0.717) is 12.8 Å². The van der Waals surface area contributed by atoms with Gasteiger partial charge in [-0.25, -0.2) is 0 Å². The summed E-state index contributed by atoms with van der Waals surface area (Å²) in [5.41, 5.74) is 4.15. The Hall–Kier alpha value is -3.06. The number of hydrogen-bond donors (Lipinski definition) is 2. The quantitative estimate of drug-likeness (QED) is 0.711. The van der Waals surface area contributed by atoms with Crippen LogP contribution in [0.3, 0.4) is 0 Å². The zero-order valence-electron chi connectivity index (χ0n) is 17.8. The number of carboxylic acids is 1. The van der Waals surface area contributed by atoms with E-state index in [9.17, 15) is 14.7 Å². The number of benzene rings is 2. The monoisotopic (exact) mass is 423 g/mol. The maximum absolute atomic E-state index is 11.8. The van der Waals surface area contributed by atoms with Gasteiger partial charge in [0, 0.05) is 50.7 Å². The van der Waals surface area contributed by atoms with Crippen LogP contribution in [0.4, 0.5) is 11.4 Å². The van der Waals surface area contributed by atoms with E-state index in [1.807, 2.05) is 24.3 Å². The Labute approximate surface area is 182 Å². The number of carboxylic acid groups (broad SMARTS) is 1. The Bertz CT molecular complexity index is 954. The van der Waals surface area contributed by atoms with Crippen molar-refractivity contribution in [3.8, 4) is 5.75 Å². The topological polar surface area (TPSA) is 82.1 Å². The second kappa shape index (κ2) is 9.39. The number of piperazine rings is 1. The molecule has 2 N–H and O–H groups in total. The van der Waals surface area contributed by atoms with Gasteiger partial charge in [-0.1, -0.05) is 24.3 Å². The van der Waals surface area contributed by atoms with Crippen LogP contribution in [0.1, 0.15) is 36.4 Å². The molecule has 0 radical (unpaired) electrons. The summed E-state index contributed by atoms with van der Waals surface area (Å²) in [5.74, 6) is 0.116. The summed E-state index contributed by atoms with van der Waals surface area (Å²) in [5, 5.41) is 12.3. The number of carbonyl (C=O) groups excluding carboxylic acids is 1. The average molecular weight is 424 g/mol. The highest BCUT2D eigenvalue weighted by molar-refractivity contribution is 5.94. The molecular formula is C24H29N3O4. The van der Waals surface area contributed by atoms with Gasteiger partial charge in [0.2, 0.25) is 5.91 Å². The highest BCUT2D eigenvalue weighted by Crippen LogP contribution is 2.34. The summed E-state index contributed by atoms with van der Waals surface area (Å²) < 4.78 is 5.51. The first-order valence-electron chi connectivity index (χ1n) is 10.8. The van der Waals surface area contributed by atoms with Gasteiger partial charge in [0.05, 0.1) is 12.8 Å². The van der Waals surface area contributed by atoms with Gasteiger partial charge < -0.3 is 20.1 Å². The van der Waals surface area contributed by atoms with Crippen LogP contribution in [0.5, 0.6) is 5.75 Å². The van der Waals surface area contributed by atoms with Crippen molar-refractivity contribution < 1.29 is 19.4 Å². The number of nitrogens with one attached hydrogen (secondary N) is 1. The lowest BCUT2D eigenvalue weighted by Gasteiger charge is -2.41. The summed E-state index contributed by atoms with van der Waals surface area (Å²) in [7, 11) is 1.69. The fourth-order valence-corrected chi connectivity index (χ4v) is 4.58. The first-order valence-corrected chi connectivity index (χ1v) is 10.8. The van der Waals surface area contributed by atoms with Crippen LogP contribution < -0.4 is 15.0 Å². The van der Waals surface area contributed by atoms with E-state index in [-0.39, 0.29) is 18.4 Å². The van der Waals surface area contributed by atoms with Crippen LogP contribution in [-0.4, -0.2) is 55.2 Å². The number of aliphatic carboxylic acids is 1. The second-order valence-electron chi connectivity index (χ2n) is 8.11. The SMILES string of the molecule is COc1ccccc1N1CCN(C(CCC(=O)O)c2ccc3c(c2)NC(=O)CC3)CC1. The van der Waals surface area contributed by atoms with Crippen molar-refractivity contribution in [2.24, 2.45) is 0 Å². The van der Waals surface area contributed by atoms with Gasteiger partial charge in [0.15, 0.2) is 0 Å². The Morgan fingerprint density at radius 2 is 1.90 bits per heavy atom. The van der Waals surface area contributed by atoms with Gasteiger partial charge in [-0.3, -0.25) is 14.5 Å². The summed E-state index contributed by atoms with van der Waals surface area (Å²) in [6, 6.07) is 14.2. The van der Waals surface area contributed by atoms with Gasteiger partial charge in [-0.05, 0) is 42.2 Å². The van der Waals surface area contributed by atoms with Crippen LogP contribution in [0.2, 0.25) is 0 Å². The second-order valence-corrected chi connectivity index (χ2v) is 8.11. The highest BCUT2D eigenvalue weighted by atomic mass is 16.5. The third kappa shape index (κ3) is 4.82. The van der Waals surface area contributed by atoms with Crippen molar-refractivity contribution in [3.05, 3.63) is 53.6 Å². The molecule has 164 valence electrons. The number of methoxy groups -OCH3 is 1. The molecule has 1 amide bonds. The van der Waals surface area contributed by atoms with E-state index < -0.39 is 5.97 Å². The van der Waals surface area contributed by atoms with Crippen LogP contribution >= 0.6 is 0 Å². The lowest BCUT2D eigenvalue weighted by Crippen LogP contribution is -2.48. The lowest BCUT2D eigenvalue weighted by atomic mass is 9.94. The smallest absolute Gasteiger partial charge is 0.303 e. The Kier molecular flexibility index (Phi) is 6.42. The minimum Gasteiger partial charge on any atom is -0.495 e. The fraction of sp³-hybridized carbons (Fsp3) is 0.417. The molecule has 0 bridgehead atoms. The number of nitrogens with zero attached hydrogens (tertiary/aromatic N) is 2. The predicted molar refractivity (Wildman–Crippen MR) is 120 cm³/mol. The molecule has 0 aromatic heterocycles. The highest BCUT2D eigenvalue weighted by Gasteiger charge is 2.27. The van der Waals surface area contributed by atoms with Crippen molar-refractivity contribution >= 4 is 23.3 Å². The molecule has 7 heteroatoms. The third-order valence-corrected chi connectivity index (χ3v) is 6.23. The number of amides is 1. The number of rotatable bonds is 7. The number of anilines is 2.